The normalized spacial score (nSPS) is 10.6. The maximum Gasteiger partial charge on any atom is 0.157 e. The number of aryl methyl sites for hydroxylation is 1. The summed E-state index contributed by atoms with van der Waals surface area (Å²) in [6, 6.07) is 10.4. The van der Waals surface area contributed by atoms with Crippen molar-refractivity contribution in [3.63, 3.8) is 0 Å². The van der Waals surface area contributed by atoms with Crippen LogP contribution in [-0.2, 0) is 17.8 Å². The van der Waals surface area contributed by atoms with Gasteiger partial charge in [-0.15, -0.1) is 0 Å². The summed E-state index contributed by atoms with van der Waals surface area (Å²) in [4.78, 5) is 9.01. The van der Waals surface area contributed by atoms with Crippen molar-refractivity contribution in [1.82, 2.24) is 9.97 Å². The topological polar surface area (TPSA) is 47.0 Å². The third-order valence-electron chi connectivity index (χ3n) is 3.03. The third-order valence-corrected chi connectivity index (χ3v) is 3.03. The predicted octanol–water partition coefficient (Wildman–Crippen LogP) is 3.28. The summed E-state index contributed by atoms with van der Waals surface area (Å²) in [6.07, 6.45) is 1.02. The number of nitrogens with one attached hydrogen (secondary N) is 1. The Morgan fingerprint density at radius 2 is 2.00 bits per heavy atom. The number of nitrogens with zero attached hydrogens (tertiary/aromatic N) is 2. The number of ether oxygens (including phenoxy) is 1. The molecule has 0 saturated heterocycles. The Kier molecular flexibility index (Phi) is 5.07. The van der Waals surface area contributed by atoms with E-state index in [1.165, 1.54) is 5.56 Å². The lowest BCUT2D eigenvalue weighted by Gasteiger charge is -2.09. The summed E-state index contributed by atoms with van der Waals surface area (Å²) in [5.74, 6) is 1.54. The van der Waals surface area contributed by atoms with Gasteiger partial charge in [-0.05, 0) is 25.0 Å². The van der Waals surface area contributed by atoms with E-state index in [0.29, 0.717) is 12.4 Å². The molecule has 0 unspecified atom stereocenters. The zero-order chi connectivity index (χ0) is 14.4. The summed E-state index contributed by atoms with van der Waals surface area (Å²) < 4.78 is 5.14. The molecular formula is C16H21N3O. The van der Waals surface area contributed by atoms with Crippen molar-refractivity contribution < 1.29 is 4.74 Å². The van der Waals surface area contributed by atoms with Crippen LogP contribution in [0.2, 0.25) is 0 Å². The largest absolute Gasteiger partial charge is 0.377 e. The minimum Gasteiger partial charge on any atom is -0.377 e. The van der Waals surface area contributed by atoms with E-state index in [4.69, 9.17) is 4.74 Å². The van der Waals surface area contributed by atoms with E-state index >= 15 is 0 Å². The van der Waals surface area contributed by atoms with Crippen LogP contribution in [0, 0.1) is 0 Å². The Bertz CT molecular complexity index is 545. The quantitative estimate of drug-likeness (QED) is 0.875. The lowest BCUT2D eigenvalue weighted by Crippen LogP contribution is -2.05. The van der Waals surface area contributed by atoms with Crippen LogP contribution in [-0.4, -0.2) is 23.6 Å². The molecule has 0 saturated carbocycles. The summed E-state index contributed by atoms with van der Waals surface area (Å²) in [5.41, 5.74) is 3.35. The molecule has 0 aliphatic heterocycles. The minimum atomic E-state index is 0.416. The summed E-state index contributed by atoms with van der Waals surface area (Å²) >= 11 is 0. The first-order chi connectivity index (χ1) is 9.76. The zero-order valence-electron chi connectivity index (χ0n) is 12.3. The van der Waals surface area contributed by atoms with Gasteiger partial charge in [0.25, 0.3) is 0 Å². The van der Waals surface area contributed by atoms with Crippen LogP contribution in [0.15, 0.2) is 30.3 Å². The lowest BCUT2D eigenvalue weighted by atomic mass is 10.1. The highest BCUT2D eigenvalue weighted by Crippen LogP contribution is 2.21. The Labute approximate surface area is 120 Å². The molecule has 0 fully saturated rings. The molecule has 0 aliphatic carbocycles. The maximum atomic E-state index is 5.14. The van der Waals surface area contributed by atoms with Crippen molar-refractivity contribution in [3.8, 4) is 11.3 Å². The fourth-order valence-electron chi connectivity index (χ4n) is 2.06. The number of anilines is 1. The van der Waals surface area contributed by atoms with Gasteiger partial charge in [0.15, 0.2) is 5.82 Å². The average Bonchev–Trinajstić information content (AvgIpc) is 2.48. The molecule has 4 heteroatoms. The summed E-state index contributed by atoms with van der Waals surface area (Å²) in [6.45, 7) is 5.45. The van der Waals surface area contributed by atoms with Gasteiger partial charge >= 0.3 is 0 Å². The monoisotopic (exact) mass is 271 g/mol. The highest BCUT2D eigenvalue weighted by molar-refractivity contribution is 5.63. The van der Waals surface area contributed by atoms with Gasteiger partial charge in [-0.1, -0.05) is 25.1 Å². The molecule has 1 heterocycles. The van der Waals surface area contributed by atoms with Gasteiger partial charge in [0, 0.05) is 25.3 Å². The second-order valence-electron chi connectivity index (χ2n) is 4.57. The molecule has 0 amide bonds. The third kappa shape index (κ3) is 3.54. The minimum absolute atomic E-state index is 0.416. The Hall–Kier alpha value is -1.94. The molecule has 2 rings (SSSR count). The first-order valence-electron chi connectivity index (χ1n) is 6.96. The van der Waals surface area contributed by atoms with E-state index in [1.807, 2.05) is 6.07 Å². The van der Waals surface area contributed by atoms with Crippen LogP contribution in [0.4, 0.5) is 5.82 Å². The Morgan fingerprint density at radius 1 is 1.15 bits per heavy atom. The van der Waals surface area contributed by atoms with Gasteiger partial charge in [-0.2, -0.15) is 0 Å². The highest BCUT2D eigenvalue weighted by atomic mass is 16.5. The Morgan fingerprint density at radius 3 is 2.70 bits per heavy atom. The molecule has 0 aliphatic rings. The maximum absolute atomic E-state index is 5.14. The first kappa shape index (κ1) is 14.5. The molecule has 20 heavy (non-hydrogen) atoms. The van der Waals surface area contributed by atoms with Crippen molar-refractivity contribution in [2.75, 3.05) is 19.0 Å². The van der Waals surface area contributed by atoms with E-state index < -0.39 is 0 Å². The van der Waals surface area contributed by atoms with Crippen LogP contribution in [0.3, 0.4) is 0 Å². The van der Waals surface area contributed by atoms with E-state index in [-0.39, 0.29) is 0 Å². The molecule has 1 N–H and O–H groups in total. The smallest absolute Gasteiger partial charge is 0.157 e. The Balaban J connectivity index is 2.42. The van der Waals surface area contributed by atoms with Crippen LogP contribution >= 0.6 is 0 Å². The van der Waals surface area contributed by atoms with Crippen LogP contribution in [0.1, 0.15) is 25.2 Å². The number of rotatable bonds is 6. The summed E-state index contributed by atoms with van der Waals surface area (Å²) in [5, 5.41) is 3.24. The van der Waals surface area contributed by atoms with E-state index in [2.05, 4.69) is 53.4 Å². The fourth-order valence-corrected chi connectivity index (χ4v) is 2.06. The van der Waals surface area contributed by atoms with Crippen molar-refractivity contribution in [2.24, 2.45) is 0 Å². The number of hydrogen-bond acceptors (Lipinski definition) is 4. The number of benzene rings is 1. The van der Waals surface area contributed by atoms with Gasteiger partial charge in [0.05, 0.1) is 5.69 Å². The number of methoxy groups -OCH3 is 1. The molecule has 0 spiro atoms. The van der Waals surface area contributed by atoms with E-state index in [1.54, 1.807) is 7.11 Å². The average molecular weight is 271 g/mol. The number of hydrogen-bond donors (Lipinski definition) is 1. The van der Waals surface area contributed by atoms with Gasteiger partial charge in [-0.3, -0.25) is 0 Å². The molecule has 0 bridgehead atoms. The second-order valence-corrected chi connectivity index (χ2v) is 4.57. The first-order valence-corrected chi connectivity index (χ1v) is 6.96. The number of aromatic nitrogens is 2. The SMILES string of the molecule is CCNc1cc(-c2cccc(CC)c2)nc(COC)n1. The van der Waals surface area contributed by atoms with Gasteiger partial charge in [0.1, 0.15) is 12.4 Å². The van der Waals surface area contributed by atoms with E-state index in [9.17, 15) is 0 Å². The zero-order valence-corrected chi connectivity index (χ0v) is 12.3. The lowest BCUT2D eigenvalue weighted by molar-refractivity contribution is 0.178. The van der Waals surface area contributed by atoms with Crippen LogP contribution in [0.5, 0.6) is 0 Å². The van der Waals surface area contributed by atoms with Crippen LogP contribution in [0.25, 0.3) is 11.3 Å². The molecule has 0 atom stereocenters. The molecule has 1 aromatic heterocycles. The highest BCUT2D eigenvalue weighted by Gasteiger charge is 2.07. The van der Waals surface area contributed by atoms with Crippen molar-refractivity contribution in [1.29, 1.82) is 0 Å². The summed E-state index contributed by atoms with van der Waals surface area (Å²) in [7, 11) is 1.65. The molecule has 106 valence electrons. The second kappa shape index (κ2) is 7.01. The fraction of sp³-hybridized carbons (Fsp3) is 0.375. The van der Waals surface area contributed by atoms with Crippen molar-refractivity contribution in [2.45, 2.75) is 26.9 Å². The molecule has 1 aromatic carbocycles. The molecular weight excluding hydrogens is 250 g/mol. The van der Waals surface area contributed by atoms with Gasteiger partial charge in [-0.25, -0.2) is 9.97 Å². The standard InChI is InChI=1S/C16H21N3O/c1-4-12-7-6-8-13(9-12)14-10-15(17-5-2)19-16(18-14)11-20-3/h6-10H,4-5,11H2,1-3H3,(H,17,18,19). The molecule has 4 nitrogen and oxygen atoms in total. The van der Waals surface area contributed by atoms with Gasteiger partial charge in [0.2, 0.25) is 0 Å². The van der Waals surface area contributed by atoms with Crippen molar-refractivity contribution in [3.05, 3.63) is 41.7 Å². The van der Waals surface area contributed by atoms with E-state index in [0.717, 1.165) is 30.0 Å². The predicted molar refractivity (Wildman–Crippen MR) is 81.7 cm³/mol. The van der Waals surface area contributed by atoms with Crippen LogP contribution < -0.4 is 5.32 Å². The molecule has 0 radical (unpaired) electrons. The van der Waals surface area contributed by atoms with Crippen molar-refractivity contribution >= 4 is 5.82 Å². The van der Waals surface area contributed by atoms with Gasteiger partial charge < -0.3 is 10.1 Å². The molecule has 2 aromatic rings.